The number of para-hydroxylation sites is 1. The molecular weight excluding hydrogens is 599 g/mol. The normalized spacial score (nSPS) is 14.0. The maximum atomic E-state index is 9.67. The SMILES string of the molecule is [2H]c1c([2H])c(-c2ccccc2)c([2H])c(N(c2c([2H])c([2H])c(-c3ccc4oc5ccccc5c4c3)c([2H])c2[2H])c2cccc3oc4c5ccccc5ccc4c23)c1[2H]. The number of rotatable bonds is 5. The fourth-order valence-electron chi connectivity index (χ4n) is 6.71. The minimum atomic E-state index is -0.474. The van der Waals surface area contributed by atoms with Crippen molar-refractivity contribution in [2.24, 2.45) is 0 Å². The number of fused-ring (bicyclic) bond motifs is 8. The third-order valence-electron chi connectivity index (χ3n) is 9.00. The molecule has 2 heterocycles. The summed E-state index contributed by atoms with van der Waals surface area (Å²) < 4.78 is 87.7. The molecular formula is C46H29NO2. The lowest BCUT2D eigenvalue weighted by atomic mass is 10.0. The van der Waals surface area contributed by atoms with Crippen molar-refractivity contribution >= 4 is 71.7 Å². The molecule has 0 N–H and O–H groups in total. The van der Waals surface area contributed by atoms with Crippen molar-refractivity contribution < 1.29 is 19.8 Å². The van der Waals surface area contributed by atoms with E-state index in [0.29, 0.717) is 49.9 Å². The Morgan fingerprint density at radius 1 is 0.449 bits per heavy atom. The van der Waals surface area contributed by atoms with Gasteiger partial charge in [0.05, 0.1) is 22.0 Å². The van der Waals surface area contributed by atoms with Crippen LogP contribution in [0.2, 0.25) is 0 Å². The molecule has 0 amide bonds. The van der Waals surface area contributed by atoms with Crippen molar-refractivity contribution in [2.75, 3.05) is 4.90 Å². The first-order chi connectivity index (χ1) is 27.6. The Labute approximate surface area is 294 Å². The predicted octanol–water partition coefficient (Wildman–Crippen LogP) is 13.4. The summed E-state index contributed by atoms with van der Waals surface area (Å²) in [5.74, 6) is 0. The summed E-state index contributed by atoms with van der Waals surface area (Å²) in [6.07, 6.45) is 0. The van der Waals surface area contributed by atoms with Crippen molar-refractivity contribution in [3.8, 4) is 22.3 Å². The van der Waals surface area contributed by atoms with Gasteiger partial charge in [0.1, 0.15) is 22.3 Å². The van der Waals surface area contributed by atoms with Gasteiger partial charge in [0.15, 0.2) is 0 Å². The van der Waals surface area contributed by atoms with Gasteiger partial charge in [-0.3, -0.25) is 0 Å². The Bertz CT molecular complexity index is 3270. The summed E-state index contributed by atoms with van der Waals surface area (Å²) in [4.78, 5) is 1.39. The van der Waals surface area contributed by atoms with E-state index >= 15 is 0 Å². The smallest absolute Gasteiger partial charge is 0.143 e. The molecule has 0 saturated carbocycles. The van der Waals surface area contributed by atoms with E-state index in [4.69, 9.17) is 11.6 Å². The summed E-state index contributed by atoms with van der Waals surface area (Å²) in [6, 6.07) is 35.5. The number of hydrogen-bond acceptors (Lipinski definition) is 3. The van der Waals surface area contributed by atoms with Gasteiger partial charge in [-0.2, -0.15) is 0 Å². The zero-order valence-corrected chi connectivity index (χ0v) is 25.9. The molecule has 0 aliphatic carbocycles. The molecule has 0 unspecified atom stereocenters. The molecule has 2 aromatic heterocycles. The molecule has 0 bridgehead atoms. The molecule has 0 saturated heterocycles. The van der Waals surface area contributed by atoms with Gasteiger partial charge in [0.2, 0.25) is 0 Å². The molecule has 3 heteroatoms. The Kier molecular flexibility index (Phi) is 4.63. The topological polar surface area (TPSA) is 29.5 Å². The van der Waals surface area contributed by atoms with Gasteiger partial charge in [-0.1, -0.05) is 115 Å². The van der Waals surface area contributed by atoms with Crippen LogP contribution < -0.4 is 4.90 Å². The third kappa shape index (κ3) is 4.51. The minimum absolute atomic E-state index is 0.0733. The second-order valence-corrected chi connectivity index (χ2v) is 11.9. The Hall–Kier alpha value is -6.58. The van der Waals surface area contributed by atoms with Crippen molar-refractivity contribution in [1.29, 1.82) is 0 Å². The van der Waals surface area contributed by atoms with Crippen LogP contribution in [0.3, 0.4) is 0 Å². The van der Waals surface area contributed by atoms with Crippen LogP contribution in [0.1, 0.15) is 11.0 Å². The van der Waals surface area contributed by atoms with Crippen LogP contribution in [-0.4, -0.2) is 0 Å². The molecule has 0 atom stereocenters. The molecule has 0 fully saturated rings. The summed E-state index contributed by atoms with van der Waals surface area (Å²) >= 11 is 0. The van der Waals surface area contributed by atoms with E-state index in [9.17, 15) is 8.22 Å². The zero-order chi connectivity index (χ0) is 39.3. The Morgan fingerprint density at radius 2 is 1.22 bits per heavy atom. The Morgan fingerprint density at radius 3 is 2.12 bits per heavy atom. The summed E-state index contributed by atoms with van der Waals surface area (Å²) in [5.41, 5.74) is 3.40. The summed E-state index contributed by atoms with van der Waals surface area (Å²) in [7, 11) is 0. The molecule has 0 aliphatic rings. The fourth-order valence-corrected chi connectivity index (χ4v) is 6.71. The molecule has 8 aromatic carbocycles. The van der Waals surface area contributed by atoms with Crippen LogP contribution >= 0.6 is 0 Å². The van der Waals surface area contributed by atoms with Gasteiger partial charge in [-0.05, 0) is 88.2 Å². The van der Waals surface area contributed by atoms with E-state index in [1.165, 1.54) is 4.90 Å². The van der Waals surface area contributed by atoms with E-state index in [1.54, 1.807) is 66.7 Å². The van der Waals surface area contributed by atoms with Crippen LogP contribution in [-0.2, 0) is 0 Å². The molecule has 0 spiro atoms. The Balaban J connectivity index is 1.30. The highest BCUT2D eigenvalue weighted by Crippen LogP contribution is 2.45. The van der Waals surface area contributed by atoms with Crippen LogP contribution in [0.5, 0.6) is 0 Å². The first kappa shape index (κ1) is 20.6. The second kappa shape index (κ2) is 11.0. The summed E-state index contributed by atoms with van der Waals surface area (Å²) in [6.45, 7) is 0. The van der Waals surface area contributed by atoms with Crippen molar-refractivity contribution in [1.82, 2.24) is 0 Å². The first-order valence-electron chi connectivity index (χ1n) is 19.9. The summed E-state index contributed by atoms with van der Waals surface area (Å²) in [5, 5.41) is 4.68. The first-order valence-corrected chi connectivity index (χ1v) is 15.9. The van der Waals surface area contributed by atoms with Crippen LogP contribution in [0.25, 0.3) is 76.9 Å². The average Bonchev–Trinajstić information content (AvgIpc) is 3.81. The molecule has 0 radical (unpaired) electrons. The van der Waals surface area contributed by atoms with Gasteiger partial charge < -0.3 is 13.7 Å². The van der Waals surface area contributed by atoms with E-state index in [2.05, 4.69) is 0 Å². The molecule has 3 nitrogen and oxygen atoms in total. The van der Waals surface area contributed by atoms with Crippen molar-refractivity contribution in [2.45, 2.75) is 0 Å². The molecule has 49 heavy (non-hydrogen) atoms. The van der Waals surface area contributed by atoms with E-state index in [-0.39, 0.29) is 46.7 Å². The number of benzene rings is 8. The van der Waals surface area contributed by atoms with Gasteiger partial charge in [-0.15, -0.1) is 0 Å². The van der Waals surface area contributed by atoms with Gasteiger partial charge in [0, 0.05) is 32.9 Å². The van der Waals surface area contributed by atoms with Crippen LogP contribution in [0.15, 0.2) is 185 Å². The highest BCUT2D eigenvalue weighted by molar-refractivity contribution is 6.19. The van der Waals surface area contributed by atoms with E-state index in [1.807, 2.05) is 60.7 Å². The standard InChI is InChI=1S/C46H29NO2/c1-2-10-30(11-3-1)33-13-8-14-36(28-33)47(41-17-9-19-44-45(41)39-26-22-32-12-4-5-15-37(32)46(39)49-44)35-24-20-31(21-25-35)34-23-27-43-40(29-34)38-16-6-7-18-42(38)48-43/h1-29H/i8D,13D,14D,20D,21D,24D,25D,28D. The lowest BCUT2D eigenvalue weighted by molar-refractivity contribution is 0.669. The minimum Gasteiger partial charge on any atom is -0.456 e. The van der Waals surface area contributed by atoms with Gasteiger partial charge in [0.25, 0.3) is 0 Å². The predicted molar refractivity (Wildman–Crippen MR) is 204 cm³/mol. The highest BCUT2D eigenvalue weighted by Gasteiger charge is 2.21. The number of nitrogens with zero attached hydrogens (tertiary/aromatic N) is 1. The molecule has 230 valence electrons. The van der Waals surface area contributed by atoms with Gasteiger partial charge >= 0.3 is 0 Å². The monoisotopic (exact) mass is 635 g/mol. The van der Waals surface area contributed by atoms with Crippen molar-refractivity contribution in [3.05, 3.63) is 176 Å². The fraction of sp³-hybridized carbons (Fsp3) is 0. The molecule has 10 aromatic rings. The van der Waals surface area contributed by atoms with E-state index in [0.717, 1.165) is 21.5 Å². The number of hydrogen-bond donors (Lipinski definition) is 0. The van der Waals surface area contributed by atoms with Gasteiger partial charge in [-0.25, -0.2) is 0 Å². The largest absolute Gasteiger partial charge is 0.456 e. The van der Waals surface area contributed by atoms with Crippen LogP contribution in [0, 0.1) is 0 Å². The third-order valence-corrected chi connectivity index (χ3v) is 9.00. The van der Waals surface area contributed by atoms with E-state index < -0.39 is 24.2 Å². The lowest BCUT2D eigenvalue weighted by Gasteiger charge is -2.27. The molecule has 0 aliphatic heterocycles. The highest BCUT2D eigenvalue weighted by atomic mass is 16.3. The number of anilines is 3. The van der Waals surface area contributed by atoms with Crippen molar-refractivity contribution in [3.63, 3.8) is 0 Å². The average molecular weight is 636 g/mol. The second-order valence-electron chi connectivity index (χ2n) is 11.9. The quantitative estimate of drug-likeness (QED) is 0.188. The zero-order valence-electron chi connectivity index (χ0n) is 33.9. The molecule has 10 rings (SSSR count). The number of furan rings is 2. The lowest BCUT2D eigenvalue weighted by Crippen LogP contribution is -2.10. The van der Waals surface area contributed by atoms with Crippen LogP contribution in [0.4, 0.5) is 17.1 Å². The maximum absolute atomic E-state index is 9.67. The maximum Gasteiger partial charge on any atom is 0.143 e.